The first-order chi connectivity index (χ1) is 9.10. The number of hydrogen-bond donors (Lipinski definition) is 2. The number of likely N-dealkylation sites (tertiary alicyclic amines) is 1. The van der Waals surface area contributed by atoms with E-state index >= 15 is 0 Å². The molecule has 0 saturated carbocycles. The van der Waals surface area contributed by atoms with E-state index in [1.165, 1.54) is 6.20 Å². The molecule has 19 heavy (non-hydrogen) atoms. The van der Waals surface area contributed by atoms with Crippen LogP contribution in [0.15, 0.2) is 18.3 Å². The molecule has 2 amide bonds. The van der Waals surface area contributed by atoms with Gasteiger partial charge < -0.3 is 15.3 Å². The van der Waals surface area contributed by atoms with Crippen LogP contribution in [0.5, 0.6) is 0 Å². The van der Waals surface area contributed by atoms with Crippen LogP contribution in [-0.2, 0) is 11.3 Å². The number of nitriles is 1. The van der Waals surface area contributed by atoms with E-state index < -0.39 is 12.1 Å². The van der Waals surface area contributed by atoms with Gasteiger partial charge in [0.05, 0.1) is 0 Å². The monoisotopic (exact) mass is 260 g/mol. The van der Waals surface area contributed by atoms with Crippen molar-refractivity contribution < 1.29 is 14.7 Å². The van der Waals surface area contributed by atoms with Gasteiger partial charge in [-0.25, -0.2) is 9.78 Å². The van der Waals surface area contributed by atoms with E-state index in [-0.39, 0.29) is 5.91 Å². The Labute approximate surface area is 109 Å². The summed E-state index contributed by atoms with van der Waals surface area (Å²) in [4.78, 5) is 27.9. The zero-order valence-electron chi connectivity index (χ0n) is 10.0. The van der Waals surface area contributed by atoms with Crippen molar-refractivity contribution in [3.8, 4) is 6.07 Å². The molecule has 2 rings (SSSR count). The van der Waals surface area contributed by atoms with Crippen LogP contribution in [-0.4, -0.2) is 39.6 Å². The van der Waals surface area contributed by atoms with E-state index in [1.807, 2.05) is 6.07 Å². The summed E-state index contributed by atoms with van der Waals surface area (Å²) in [6.45, 7) is 0.849. The fourth-order valence-electron chi connectivity index (χ4n) is 2.03. The lowest BCUT2D eigenvalue weighted by molar-refractivity contribution is -0.129. The van der Waals surface area contributed by atoms with Crippen molar-refractivity contribution >= 4 is 12.0 Å². The van der Waals surface area contributed by atoms with Gasteiger partial charge in [-0.3, -0.25) is 4.79 Å². The van der Waals surface area contributed by atoms with Crippen molar-refractivity contribution in [3.63, 3.8) is 0 Å². The standard InChI is InChI=1S/C12H12N4O3/c13-6-9-5-8(1-3-14-9)7-16-4-2-10(11(16)17)15-12(18)19/h1,3,5,10,15H,2,4,7H2,(H,18,19)/t10-/m0/s1. The molecule has 1 fully saturated rings. The third kappa shape index (κ3) is 2.98. The van der Waals surface area contributed by atoms with Crippen LogP contribution >= 0.6 is 0 Å². The zero-order chi connectivity index (χ0) is 13.8. The van der Waals surface area contributed by atoms with E-state index in [0.29, 0.717) is 25.2 Å². The molecule has 1 saturated heterocycles. The number of nitrogens with one attached hydrogen (secondary N) is 1. The molecule has 0 aliphatic carbocycles. The summed E-state index contributed by atoms with van der Waals surface area (Å²) >= 11 is 0. The summed E-state index contributed by atoms with van der Waals surface area (Å²) in [6.07, 6.45) is 0.777. The quantitative estimate of drug-likeness (QED) is 0.814. The Morgan fingerprint density at radius 3 is 3.16 bits per heavy atom. The SMILES string of the molecule is N#Cc1cc(CN2CC[C@H](NC(=O)O)C2=O)ccn1. The lowest BCUT2D eigenvalue weighted by Gasteiger charge is -2.16. The number of carbonyl (C=O) groups excluding carboxylic acids is 1. The highest BCUT2D eigenvalue weighted by Gasteiger charge is 2.32. The molecule has 0 radical (unpaired) electrons. The van der Waals surface area contributed by atoms with Crippen LogP contribution in [0, 0.1) is 11.3 Å². The highest BCUT2D eigenvalue weighted by molar-refractivity contribution is 5.87. The molecule has 1 aromatic heterocycles. The average molecular weight is 260 g/mol. The van der Waals surface area contributed by atoms with Gasteiger partial charge in [0.15, 0.2) is 0 Å². The summed E-state index contributed by atoms with van der Waals surface area (Å²) in [5.41, 5.74) is 1.10. The number of pyridine rings is 1. The predicted octanol–water partition coefficient (Wildman–Crippen LogP) is 0.322. The highest BCUT2D eigenvalue weighted by Crippen LogP contribution is 2.15. The van der Waals surface area contributed by atoms with Crippen LogP contribution in [0.25, 0.3) is 0 Å². The molecule has 0 unspecified atom stereocenters. The Bertz CT molecular complexity index is 552. The topological polar surface area (TPSA) is 106 Å². The number of nitrogens with zero attached hydrogens (tertiary/aromatic N) is 3. The van der Waals surface area contributed by atoms with E-state index in [1.54, 1.807) is 17.0 Å². The minimum atomic E-state index is -1.20. The second kappa shape index (κ2) is 5.35. The van der Waals surface area contributed by atoms with E-state index in [0.717, 1.165) is 5.56 Å². The van der Waals surface area contributed by atoms with Crippen LogP contribution in [0.1, 0.15) is 17.7 Å². The largest absolute Gasteiger partial charge is 0.465 e. The van der Waals surface area contributed by atoms with Gasteiger partial charge >= 0.3 is 6.09 Å². The lowest BCUT2D eigenvalue weighted by Crippen LogP contribution is -2.40. The minimum Gasteiger partial charge on any atom is -0.465 e. The Morgan fingerprint density at radius 1 is 1.68 bits per heavy atom. The molecular weight excluding hydrogens is 248 g/mol. The molecule has 7 nitrogen and oxygen atoms in total. The summed E-state index contributed by atoms with van der Waals surface area (Å²) < 4.78 is 0. The van der Waals surface area contributed by atoms with Crippen LogP contribution in [0.4, 0.5) is 4.79 Å². The van der Waals surface area contributed by atoms with Gasteiger partial charge in [-0.15, -0.1) is 0 Å². The van der Waals surface area contributed by atoms with Gasteiger partial charge in [0.1, 0.15) is 17.8 Å². The molecular formula is C12H12N4O3. The fourth-order valence-corrected chi connectivity index (χ4v) is 2.03. The van der Waals surface area contributed by atoms with Crippen LogP contribution in [0.3, 0.4) is 0 Å². The second-order valence-corrected chi connectivity index (χ2v) is 4.21. The molecule has 0 bridgehead atoms. The molecule has 98 valence electrons. The minimum absolute atomic E-state index is 0.238. The maximum Gasteiger partial charge on any atom is 0.405 e. The second-order valence-electron chi connectivity index (χ2n) is 4.21. The first-order valence-electron chi connectivity index (χ1n) is 5.73. The Hall–Kier alpha value is -2.62. The lowest BCUT2D eigenvalue weighted by atomic mass is 10.2. The molecule has 1 aromatic rings. The predicted molar refractivity (Wildman–Crippen MR) is 63.9 cm³/mol. The number of carbonyl (C=O) groups is 2. The van der Waals surface area contributed by atoms with Crippen LogP contribution < -0.4 is 5.32 Å². The van der Waals surface area contributed by atoms with Gasteiger partial charge in [-0.1, -0.05) is 0 Å². The normalized spacial score (nSPS) is 18.2. The van der Waals surface area contributed by atoms with E-state index in [9.17, 15) is 9.59 Å². The third-order valence-electron chi connectivity index (χ3n) is 2.91. The van der Waals surface area contributed by atoms with Gasteiger partial charge in [0.2, 0.25) is 5.91 Å². The van der Waals surface area contributed by atoms with Gasteiger partial charge in [0.25, 0.3) is 0 Å². The Morgan fingerprint density at radius 2 is 2.47 bits per heavy atom. The third-order valence-corrected chi connectivity index (χ3v) is 2.91. The molecule has 2 heterocycles. The number of aromatic nitrogens is 1. The molecule has 2 N–H and O–H groups in total. The highest BCUT2D eigenvalue weighted by atomic mass is 16.4. The summed E-state index contributed by atoms with van der Waals surface area (Å²) in [5, 5.41) is 19.5. The Kier molecular flexibility index (Phi) is 3.61. The smallest absolute Gasteiger partial charge is 0.405 e. The van der Waals surface area contributed by atoms with Crippen molar-refractivity contribution in [2.75, 3.05) is 6.54 Å². The van der Waals surface area contributed by atoms with Crippen molar-refractivity contribution in [3.05, 3.63) is 29.6 Å². The van der Waals surface area contributed by atoms with Crippen LogP contribution in [0.2, 0.25) is 0 Å². The number of hydrogen-bond acceptors (Lipinski definition) is 4. The Balaban J connectivity index is 2.02. The number of carboxylic acid groups (broad SMARTS) is 1. The molecule has 1 aliphatic rings. The molecule has 1 atom stereocenters. The number of amides is 2. The molecule has 0 spiro atoms. The summed E-state index contributed by atoms with van der Waals surface area (Å²) in [5.74, 6) is -0.238. The first-order valence-corrected chi connectivity index (χ1v) is 5.73. The first kappa shape index (κ1) is 12.8. The molecule has 1 aliphatic heterocycles. The fraction of sp³-hybridized carbons (Fsp3) is 0.333. The van der Waals surface area contributed by atoms with E-state index in [2.05, 4.69) is 10.3 Å². The molecule has 7 heteroatoms. The number of rotatable bonds is 3. The zero-order valence-corrected chi connectivity index (χ0v) is 10.0. The van der Waals surface area contributed by atoms with Crippen molar-refractivity contribution in [1.82, 2.24) is 15.2 Å². The molecule has 0 aromatic carbocycles. The van der Waals surface area contributed by atoms with Gasteiger partial charge in [-0.05, 0) is 24.1 Å². The summed E-state index contributed by atoms with van der Waals surface area (Å²) in [7, 11) is 0. The average Bonchev–Trinajstić information content (AvgIpc) is 2.71. The van der Waals surface area contributed by atoms with E-state index in [4.69, 9.17) is 10.4 Å². The maximum absolute atomic E-state index is 11.9. The van der Waals surface area contributed by atoms with Crippen molar-refractivity contribution in [2.45, 2.75) is 19.0 Å². The summed E-state index contributed by atoms with van der Waals surface area (Å²) in [6, 6.07) is 4.61. The maximum atomic E-state index is 11.9. The van der Waals surface area contributed by atoms with Gasteiger partial charge in [0, 0.05) is 19.3 Å². The van der Waals surface area contributed by atoms with Gasteiger partial charge in [-0.2, -0.15) is 5.26 Å². The van der Waals surface area contributed by atoms with Crippen molar-refractivity contribution in [2.24, 2.45) is 0 Å². The van der Waals surface area contributed by atoms with Crippen molar-refractivity contribution in [1.29, 1.82) is 5.26 Å².